The summed E-state index contributed by atoms with van der Waals surface area (Å²) < 4.78 is 0. The normalized spacial score (nSPS) is 50.7. The van der Waals surface area contributed by atoms with E-state index in [-0.39, 0.29) is 29.1 Å². The molecule has 2 amide bonds. The van der Waals surface area contributed by atoms with Gasteiger partial charge in [-0.1, -0.05) is 53.0 Å². The lowest BCUT2D eigenvalue weighted by Crippen LogP contribution is -2.50. The summed E-state index contributed by atoms with van der Waals surface area (Å²) in [5.41, 5.74) is 0.178. The van der Waals surface area contributed by atoms with Crippen LogP contribution in [0.5, 0.6) is 0 Å². The third-order valence-corrected chi connectivity index (χ3v) is 13.4. The minimum Gasteiger partial charge on any atom is -0.299 e. The van der Waals surface area contributed by atoms with Crippen molar-refractivity contribution in [3.8, 4) is 0 Å². The lowest BCUT2D eigenvalue weighted by Gasteiger charge is -2.52. The van der Waals surface area contributed by atoms with E-state index in [0.717, 1.165) is 37.5 Å². The molecule has 1 heterocycles. The Morgan fingerprint density at radius 1 is 0.921 bits per heavy atom. The second kappa shape index (κ2) is 9.58. The molecule has 1 saturated heterocycles. The van der Waals surface area contributed by atoms with Gasteiger partial charge in [0.25, 0.3) is 0 Å². The van der Waals surface area contributed by atoms with Crippen LogP contribution in [0.2, 0.25) is 0 Å². The van der Waals surface area contributed by atoms with Gasteiger partial charge < -0.3 is 0 Å². The summed E-state index contributed by atoms with van der Waals surface area (Å²) >= 11 is 0. The topological polar surface area (TPSA) is 54.5 Å². The van der Waals surface area contributed by atoms with Crippen LogP contribution in [0.4, 0.5) is 0 Å². The van der Waals surface area contributed by atoms with E-state index < -0.39 is 0 Å². The van der Waals surface area contributed by atoms with Crippen LogP contribution >= 0.6 is 0 Å². The lowest BCUT2D eigenvalue weighted by molar-refractivity contribution is -0.138. The van der Waals surface area contributed by atoms with Gasteiger partial charge in [-0.15, -0.1) is 6.58 Å². The van der Waals surface area contributed by atoms with Gasteiger partial charge in [0.15, 0.2) is 0 Å². The van der Waals surface area contributed by atoms with Crippen LogP contribution in [0.3, 0.4) is 0 Å². The third kappa shape index (κ3) is 3.56. The van der Waals surface area contributed by atoms with Crippen molar-refractivity contribution in [3.05, 3.63) is 12.7 Å². The Kier molecular flexibility index (Phi) is 6.75. The van der Waals surface area contributed by atoms with Gasteiger partial charge in [0.05, 0.1) is 11.8 Å². The first-order valence-electron chi connectivity index (χ1n) is 16.1. The molecule has 7 rings (SSSR count). The molecule has 13 atom stereocenters. The highest BCUT2D eigenvalue weighted by Crippen LogP contribution is 2.77. The lowest BCUT2D eigenvalue weighted by atomic mass is 9.51. The van der Waals surface area contributed by atoms with Gasteiger partial charge in [-0.3, -0.25) is 19.3 Å². The summed E-state index contributed by atoms with van der Waals surface area (Å²) in [4.78, 5) is 39.3. The Morgan fingerprint density at radius 2 is 1.61 bits per heavy atom. The van der Waals surface area contributed by atoms with E-state index in [1.807, 2.05) is 6.92 Å². The highest BCUT2D eigenvalue weighted by atomic mass is 16.2. The van der Waals surface area contributed by atoms with Crippen molar-refractivity contribution in [1.82, 2.24) is 4.90 Å². The number of hydrogen-bond donors (Lipinski definition) is 0. The van der Waals surface area contributed by atoms with E-state index in [1.165, 1.54) is 43.4 Å². The summed E-state index contributed by atoms with van der Waals surface area (Å²) in [6.45, 7) is 13.7. The molecule has 7 aliphatic rings. The zero-order valence-corrected chi connectivity index (χ0v) is 24.5. The van der Waals surface area contributed by atoms with Crippen molar-refractivity contribution < 1.29 is 14.4 Å². The fraction of sp³-hybridized carbons (Fsp3) is 0.853. The number of likely N-dealkylation sites (tertiary alicyclic amines) is 1. The number of fused-ring (bicyclic) bond motifs is 6. The standard InChI is InChI=1S/C26H37NO2.C8H14O/c1-6-26(4)16-9-7-8-14-18(16)21-19(22-20(14)24(28)27(5)25(22)29)15-11-12(2)10-13(3)17(15)23(21)26;1-2-8(9)7-5-3-4-6-7/h6,12-23H,1,7-11H2,2-5H3;7H,2-6H2,1H3. The van der Waals surface area contributed by atoms with Gasteiger partial charge in [0.1, 0.15) is 5.78 Å². The van der Waals surface area contributed by atoms with Crippen molar-refractivity contribution in [3.63, 3.8) is 0 Å². The molecule has 0 aromatic carbocycles. The summed E-state index contributed by atoms with van der Waals surface area (Å²) in [7, 11) is 1.75. The highest BCUT2D eigenvalue weighted by molar-refractivity contribution is 6.05. The summed E-state index contributed by atoms with van der Waals surface area (Å²) in [6, 6.07) is 0. The molecular formula is C34H51NO3. The van der Waals surface area contributed by atoms with Crippen LogP contribution in [-0.2, 0) is 14.4 Å². The average molecular weight is 522 g/mol. The highest BCUT2D eigenvalue weighted by Gasteiger charge is 2.75. The van der Waals surface area contributed by atoms with Crippen molar-refractivity contribution >= 4 is 17.6 Å². The minimum absolute atomic E-state index is 0.0272. The molecule has 6 saturated carbocycles. The molecule has 0 aromatic heterocycles. The van der Waals surface area contributed by atoms with Crippen LogP contribution in [0.15, 0.2) is 12.7 Å². The van der Waals surface area contributed by atoms with Crippen LogP contribution in [0.25, 0.3) is 0 Å². The van der Waals surface area contributed by atoms with Crippen molar-refractivity contribution in [2.45, 2.75) is 91.9 Å². The predicted octanol–water partition coefficient (Wildman–Crippen LogP) is 6.79. The van der Waals surface area contributed by atoms with Crippen LogP contribution < -0.4 is 0 Å². The molecule has 1 aliphatic heterocycles. The van der Waals surface area contributed by atoms with Crippen molar-refractivity contribution in [2.24, 2.45) is 82.3 Å². The largest absolute Gasteiger partial charge is 0.299 e. The van der Waals surface area contributed by atoms with Crippen molar-refractivity contribution in [1.29, 1.82) is 0 Å². The number of Topliss-reactive ketones (excluding diaryl/α,β-unsaturated/α-hetero) is 1. The second-order valence-electron chi connectivity index (χ2n) is 14.9. The first-order chi connectivity index (χ1) is 18.2. The molecule has 210 valence electrons. The zero-order chi connectivity index (χ0) is 27.1. The maximum atomic E-state index is 13.4. The number of ketones is 1. The summed E-state index contributed by atoms with van der Waals surface area (Å²) in [6.07, 6.45) is 14.2. The molecule has 0 aromatic rings. The maximum absolute atomic E-state index is 13.4. The molecule has 0 radical (unpaired) electrons. The fourth-order valence-electron chi connectivity index (χ4n) is 12.3. The molecule has 6 aliphatic carbocycles. The number of imide groups is 1. The molecule has 38 heavy (non-hydrogen) atoms. The molecule has 0 spiro atoms. The fourth-order valence-corrected chi connectivity index (χ4v) is 12.3. The molecule has 0 bridgehead atoms. The van der Waals surface area contributed by atoms with Crippen LogP contribution in [-0.4, -0.2) is 29.5 Å². The number of nitrogens with zero attached hydrogens (tertiary/aromatic N) is 1. The number of carbonyl (C=O) groups excluding carboxylic acids is 3. The average Bonchev–Trinajstić information content (AvgIpc) is 3.66. The number of carbonyl (C=O) groups is 3. The minimum atomic E-state index is -0.0281. The molecule has 4 nitrogen and oxygen atoms in total. The SMILES string of the molecule is C=CC1(C)C2CCCC3C4C(=O)N(C)C(=O)C4C4C5CC(C)CC(C)C5C1C4C32.CCC(=O)C1CCCC1. The van der Waals surface area contributed by atoms with Gasteiger partial charge in [-0.05, 0) is 103 Å². The van der Waals surface area contributed by atoms with Crippen LogP contribution in [0, 0.1) is 82.3 Å². The second-order valence-corrected chi connectivity index (χ2v) is 14.9. The Hall–Kier alpha value is -1.45. The molecule has 7 fully saturated rings. The van der Waals surface area contributed by atoms with Gasteiger partial charge in [0.2, 0.25) is 11.8 Å². The van der Waals surface area contributed by atoms with Gasteiger partial charge in [0, 0.05) is 19.4 Å². The monoisotopic (exact) mass is 521 g/mol. The number of amides is 2. The van der Waals surface area contributed by atoms with E-state index in [0.29, 0.717) is 59.0 Å². The number of hydrogen-bond acceptors (Lipinski definition) is 3. The Bertz CT molecular complexity index is 998. The van der Waals surface area contributed by atoms with E-state index in [1.54, 1.807) is 7.05 Å². The molecule has 0 N–H and O–H groups in total. The van der Waals surface area contributed by atoms with E-state index in [4.69, 9.17) is 0 Å². The summed E-state index contributed by atoms with van der Waals surface area (Å²) in [5.74, 6) is 7.44. The van der Waals surface area contributed by atoms with Crippen LogP contribution in [0.1, 0.15) is 91.9 Å². The predicted molar refractivity (Wildman–Crippen MR) is 150 cm³/mol. The van der Waals surface area contributed by atoms with E-state index in [9.17, 15) is 14.4 Å². The number of rotatable bonds is 3. The van der Waals surface area contributed by atoms with Crippen molar-refractivity contribution in [2.75, 3.05) is 7.05 Å². The molecule has 4 heteroatoms. The third-order valence-electron chi connectivity index (χ3n) is 13.4. The Morgan fingerprint density at radius 3 is 2.26 bits per heavy atom. The smallest absolute Gasteiger partial charge is 0.233 e. The molecule has 13 unspecified atom stereocenters. The van der Waals surface area contributed by atoms with E-state index >= 15 is 0 Å². The first-order valence-corrected chi connectivity index (χ1v) is 16.1. The summed E-state index contributed by atoms with van der Waals surface area (Å²) in [5, 5.41) is 0. The number of allylic oxidation sites excluding steroid dienone is 1. The Labute approximate surface area is 230 Å². The molecular weight excluding hydrogens is 470 g/mol. The maximum Gasteiger partial charge on any atom is 0.233 e. The zero-order valence-electron chi connectivity index (χ0n) is 24.5. The van der Waals surface area contributed by atoms with Gasteiger partial charge >= 0.3 is 0 Å². The van der Waals surface area contributed by atoms with E-state index in [2.05, 4.69) is 33.4 Å². The Balaban J connectivity index is 0.000000251. The quantitative estimate of drug-likeness (QED) is 0.304. The van der Waals surface area contributed by atoms with Gasteiger partial charge in [-0.25, -0.2) is 0 Å². The first kappa shape index (κ1) is 26.8. The van der Waals surface area contributed by atoms with Gasteiger partial charge in [-0.2, -0.15) is 0 Å².